The van der Waals surface area contributed by atoms with Crippen LogP contribution in [0.15, 0.2) is 29.2 Å². The minimum atomic E-state index is 0.223. The fourth-order valence-corrected chi connectivity index (χ4v) is 1.80. The number of rotatable bonds is 4. The Morgan fingerprint density at radius 1 is 1.20 bits per heavy atom. The average Bonchev–Trinajstić information content (AvgIpc) is 2.28. The lowest BCUT2D eigenvalue weighted by Crippen LogP contribution is -2.40. The minimum Gasteiger partial charge on any atom is -0.369 e. The number of anilines is 1. The second-order valence-electron chi connectivity index (χ2n) is 4.42. The maximum Gasteiger partial charge on any atom is 0.0368 e. The molecule has 1 aromatic carbocycles. The largest absolute Gasteiger partial charge is 0.369 e. The summed E-state index contributed by atoms with van der Waals surface area (Å²) >= 11 is 1.78. The van der Waals surface area contributed by atoms with Gasteiger partial charge < -0.3 is 4.90 Å². The summed E-state index contributed by atoms with van der Waals surface area (Å²) in [6.45, 7) is 6.78. The Kier molecular flexibility index (Phi) is 4.09. The molecule has 0 radical (unpaired) electrons. The van der Waals surface area contributed by atoms with Crippen molar-refractivity contribution in [1.82, 2.24) is 0 Å². The van der Waals surface area contributed by atoms with Gasteiger partial charge in [0.1, 0.15) is 0 Å². The summed E-state index contributed by atoms with van der Waals surface area (Å²) in [5, 5.41) is 0. The molecule has 0 heterocycles. The first-order valence-electron chi connectivity index (χ1n) is 5.39. The lowest BCUT2D eigenvalue weighted by atomic mass is 9.99. The van der Waals surface area contributed by atoms with Gasteiger partial charge in [-0.05, 0) is 50.8 Å². The summed E-state index contributed by atoms with van der Waals surface area (Å²) in [5.74, 6) is 0. The zero-order valence-electron chi connectivity index (χ0n) is 10.4. The molecule has 0 aliphatic rings. The molecule has 0 aliphatic carbocycles. The molecule has 0 aliphatic heterocycles. The monoisotopic (exact) mass is 223 g/mol. The Bertz CT molecular complexity index is 303. The van der Waals surface area contributed by atoms with Gasteiger partial charge in [-0.1, -0.05) is 6.92 Å². The van der Waals surface area contributed by atoms with Gasteiger partial charge in [0.25, 0.3) is 0 Å². The van der Waals surface area contributed by atoms with E-state index in [0.29, 0.717) is 0 Å². The molecule has 0 spiro atoms. The van der Waals surface area contributed by atoms with Crippen molar-refractivity contribution >= 4 is 17.4 Å². The molecular weight excluding hydrogens is 202 g/mol. The van der Waals surface area contributed by atoms with Crippen molar-refractivity contribution in [2.45, 2.75) is 37.6 Å². The minimum absolute atomic E-state index is 0.223. The summed E-state index contributed by atoms with van der Waals surface area (Å²) in [6, 6.07) is 8.76. The van der Waals surface area contributed by atoms with Crippen LogP contribution in [0.2, 0.25) is 0 Å². The second-order valence-corrected chi connectivity index (χ2v) is 5.30. The van der Waals surface area contributed by atoms with Gasteiger partial charge in [0.2, 0.25) is 0 Å². The van der Waals surface area contributed by atoms with Gasteiger partial charge >= 0.3 is 0 Å². The molecule has 0 unspecified atom stereocenters. The second kappa shape index (κ2) is 4.93. The third-order valence-electron chi connectivity index (χ3n) is 3.23. The van der Waals surface area contributed by atoms with E-state index in [4.69, 9.17) is 0 Å². The molecule has 0 aromatic heterocycles. The summed E-state index contributed by atoms with van der Waals surface area (Å²) in [7, 11) is 2.16. The smallest absolute Gasteiger partial charge is 0.0368 e. The van der Waals surface area contributed by atoms with E-state index in [1.807, 2.05) is 0 Å². The van der Waals surface area contributed by atoms with Gasteiger partial charge in [-0.25, -0.2) is 0 Å². The SMILES string of the molecule is CCC(C)(C)N(C)c1ccc(SC)cc1. The van der Waals surface area contributed by atoms with Crippen LogP contribution >= 0.6 is 11.8 Å². The van der Waals surface area contributed by atoms with Crippen molar-refractivity contribution in [2.75, 3.05) is 18.2 Å². The highest BCUT2D eigenvalue weighted by atomic mass is 32.2. The maximum absolute atomic E-state index is 2.34. The Morgan fingerprint density at radius 3 is 2.13 bits per heavy atom. The molecule has 0 fully saturated rings. The van der Waals surface area contributed by atoms with E-state index in [-0.39, 0.29) is 5.54 Å². The Balaban J connectivity index is 2.87. The lowest BCUT2D eigenvalue weighted by Gasteiger charge is -2.36. The van der Waals surface area contributed by atoms with Crippen LogP contribution in [-0.2, 0) is 0 Å². The van der Waals surface area contributed by atoms with Gasteiger partial charge in [0.15, 0.2) is 0 Å². The topological polar surface area (TPSA) is 3.24 Å². The third kappa shape index (κ3) is 2.91. The molecule has 0 saturated carbocycles. The van der Waals surface area contributed by atoms with E-state index in [0.717, 1.165) is 6.42 Å². The molecule has 0 atom stereocenters. The number of benzene rings is 1. The van der Waals surface area contributed by atoms with Crippen LogP contribution in [0.4, 0.5) is 5.69 Å². The normalized spacial score (nSPS) is 11.5. The quantitative estimate of drug-likeness (QED) is 0.709. The molecule has 0 N–H and O–H groups in total. The van der Waals surface area contributed by atoms with Gasteiger partial charge in [-0.3, -0.25) is 0 Å². The highest BCUT2D eigenvalue weighted by molar-refractivity contribution is 7.98. The van der Waals surface area contributed by atoms with Crippen LogP contribution in [0.25, 0.3) is 0 Å². The third-order valence-corrected chi connectivity index (χ3v) is 3.98. The number of hydrogen-bond acceptors (Lipinski definition) is 2. The average molecular weight is 223 g/mol. The Labute approximate surface area is 97.9 Å². The summed E-state index contributed by atoms with van der Waals surface area (Å²) < 4.78 is 0. The molecule has 1 aromatic rings. The van der Waals surface area contributed by atoms with Gasteiger partial charge in [0.05, 0.1) is 0 Å². The molecule has 15 heavy (non-hydrogen) atoms. The molecule has 1 rings (SSSR count). The molecular formula is C13H21NS. The van der Waals surface area contributed by atoms with Gasteiger partial charge in [-0.15, -0.1) is 11.8 Å². The highest BCUT2D eigenvalue weighted by Crippen LogP contribution is 2.26. The summed E-state index contributed by atoms with van der Waals surface area (Å²) in [5.41, 5.74) is 1.51. The fourth-order valence-electron chi connectivity index (χ4n) is 1.39. The fraction of sp³-hybridized carbons (Fsp3) is 0.538. The van der Waals surface area contributed by atoms with Gasteiger partial charge in [-0.2, -0.15) is 0 Å². The highest BCUT2D eigenvalue weighted by Gasteiger charge is 2.20. The standard InChI is InChI=1S/C13H21NS/c1-6-13(2,3)14(4)11-7-9-12(15-5)10-8-11/h7-10H,6H2,1-5H3. The van der Waals surface area contributed by atoms with Crippen LogP contribution in [0.5, 0.6) is 0 Å². The summed E-state index contributed by atoms with van der Waals surface area (Å²) in [6.07, 6.45) is 3.25. The van der Waals surface area contributed by atoms with Crippen molar-refractivity contribution in [2.24, 2.45) is 0 Å². The molecule has 84 valence electrons. The molecule has 0 saturated heterocycles. The summed E-state index contributed by atoms with van der Waals surface area (Å²) in [4.78, 5) is 3.67. The van der Waals surface area contributed by atoms with Crippen LogP contribution in [-0.4, -0.2) is 18.8 Å². The van der Waals surface area contributed by atoms with E-state index in [9.17, 15) is 0 Å². The van der Waals surface area contributed by atoms with Crippen LogP contribution in [0.3, 0.4) is 0 Å². The van der Waals surface area contributed by atoms with Gasteiger partial charge in [0, 0.05) is 23.2 Å². The molecule has 0 bridgehead atoms. The number of thioether (sulfide) groups is 1. The number of nitrogens with zero attached hydrogens (tertiary/aromatic N) is 1. The van der Waals surface area contributed by atoms with Crippen molar-refractivity contribution < 1.29 is 0 Å². The van der Waals surface area contributed by atoms with Crippen molar-refractivity contribution in [3.05, 3.63) is 24.3 Å². The van der Waals surface area contributed by atoms with Crippen molar-refractivity contribution in [3.63, 3.8) is 0 Å². The van der Waals surface area contributed by atoms with E-state index in [1.165, 1.54) is 10.6 Å². The van der Waals surface area contributed by atoms with Crippen LogP contribution < -0.4 is 4.90 Å². The lowest BCUT2D eigenvalue weighted by molar-refractivity contribution is 0.471. The predicted octanol–water partition coefficient (Wildman–Crippen LogP) is 4.03. The first-order valence-corrected chi connectivity index (χ1v) is 6.61. The Hall–Kier alpha value is -0.630. The first-order chi connectivity index (χ1) is 7.01. The van der Waals surface area contributed by atoms with Crippen LogP contribution in [0.1, 0.15) is 27.2 Å². The van der Waals surface area contributed by atoms with Crippen LogP contribution in [0, 0.1) is 0 Å². The molecule has 2 heteroatoms. The zero-order chi connectivity index (χ0) is 11.5. The molecule has 1 nitrogen and oxygen atoms in total. The Morgan fingerprint density at radius 2 is 1.73 bits per heavy atom. The van der Waals surface area contributed by atoms with E-state index >= 15 is 0 Å². The first kappa shape index (κ1) is 12.4. The van der Waals surface area contributed by atoms with E-state index in [1.54, 1.807) is 11.8 Å². The van der Waals surface area contributed by atoms with E-state index in [2.05, 4.69) is 63.2 Å². The predicted molar refractivity (Wildman–Crippen MR) is 71.0 cm³/mol. The molecule has 0 amide bonds. The van der Waals surface area contributed by atoms with E-state index < -0.39 is 0 Å². The van der Waals surface area contributed by atoms with Crippen molar-refractivity contribution in [1.29, 1.82) is 0 Å². The zero-order valence-corrected chi connectivity index (χ0v) is 11.2. The maximum atomic E-state index is 2.34. The number of hydrogen-bond donors (Lipinski definition) is 0. The van der Waals surface area contributed by atoms with Crippen molar-refractivity contribution in [3.8, 4) is 0 Å².